The maximum Gasteiger partial charge on any atom is 0.417 e. The lowest BCUT2D eigenvalue weighted by atomic mass is 10.2. The van der Waals surface area contributed by atoms with Crippen LogP contribution in [0.3, 0.4) is 0 Å². The van der Waals surface area contributed by atoms with Gasteiger partial charge in [-0.15, -0.1) is 0 Å². The Bertz CT molecular complexity index is 715. The lowest BCUT2D eigenvalue weighted by molar-refractivity contribution is -0.137. The first-order chi connectivity index (χ1) is 10.9. The second-order valence-electron chi connectivity index (χ2n) is 4.53. The van der Waals surface area contributed by atoms with Crippen molar-refractivity contribution in [1.82, 2.24) is 5.32 Å². The van der Waals surface area contributed by atoms with Crippen LogP contribution >= 0.6 is 11.6 Å². The van der Waals surface area contributed by atoms with E-state index in [9.17, 15) is 18.0 Å². The Hall–Kier alpha value is -2.47. The molecule has 0 aliphatic rings. The number of halogens is 4. The van der Waals surface area contributed by atoms with Gasteiger partial charge in [-0.1, -0.05) is 41.9 Å². The molecule has 0 aliphatic carbocycles. The second kappa shape index (κ2) is 7.19. The summed E-state index contributed by atoms with van der Waals surface area (Å²) in [5, 5.41) is 4.29. The Morgan fingerprint density at radius 1 is 1.09 bits per heavy atom. The van der Waals surface area contributed by atoms with Crippen molar-refractivity contribution in [3.63, 3.8) is 0 Å². The van der Waals surface area contributed by atoms with E-state index in [-0.39, 0.29) is 5.69 Å². The topological polar surface area (TPSA) is 41.1 Å². The van der Waals surface area contributed by atoms with Crippen LogP contribution < -0.4 is 10.6 Å². The number of hydrogen-bond donors (Lipinski definition) is 2. The maximum absolute atomic E-state index is 12.7. The van der Waals surface area contributed by atoms with E-state index in [2.05, 4.69) is 10.6 Å². The summed E-state index contributed by atoms with van der Waals surface area (Å²) in [5.41, 5.74) is -0.136. The van der Waals surface area contributed by atoms with Gasteiger partial charge in [0.15, 0.2) is 0 Å². The molecule has 2 aromatic carbocycles. The van der Waals surface area contributed by atoms with Gasteiger partial charge < -0.3 is 10.6 Å². The number of carbonyl (C=O) groups is 1. The third kappa shape index (κ3) is 5.03. The van der Waals surface area contributed by atoms with E-state index >= 15 is 0 Å². The molecule has 2 aromatic rings. The first-order valence-electron chi connectivity index (χ1n) is 6.52. The molecular weight excluding hydrogens is 329 g/mol. The minimum absolute atomic E-state index is 0.00710. The number of rotatable bonds is 3. The number of nitrogens with one attached hydrogen (secondary N) is 2. The largest absolute Gasteiger partial charge is 0.417 e. The van der Waals surface area contributed by atoms with Crippen molar-refractivity contribution < 1.29 is 18.0 Å². The van der Waals surface area contributed by atoms with Crippen LogP contribution in [0.2, 0.25) is 5.02 Å². The summed E-state index contributed by atoms with van der Waals surface area (Å²) >= 11 is 5.51. The molecule has 0 unspecified atom stereocenters. The summed E-state index contributed by atoms with van der Waals surface area (Å²) in [6.45, 7) is 0. The smallest absolute Gasteiger partial charge is 0.314 e. The van der Waals surface area contributed by atoms with Gasteiger partial charge >= 0.3 is 12.2 Å². The summed E-state index contributed by atoms with van der Waals surface area (Å²) in [5.74, 6) is 0. The van der Waals surface area contributed by atoms with Crippen LogP contribution in [0.5, 0.6) is 0 Å². The average molecular weight is 341 g/mol. The summed E-state index contributed by atoms with van der Waals surface area (Å²) in [4.78, 5) is 11.7. The minimum Gasteiger partial charge on any atom is -0.314 e. The van der Waals surface area contributed by atoms with Crippen molar-refractivity contribution in [1.29, 1.82) is 0 Å². The Morgan fingerprint density at radius 3 is 2.43 bits per heavy atom. The summed E-state index contributed by atoms with van der Waals surface area (Å²) in [6.07, 6.45) is -1.54. The van der Waals surface area contributed by atoms with Gasteiger partial charge in [0.2, 0.25) is 0 Å². The van der Waals surface area contributed by atoms with Gasteiger partial charge in [-0.2, -0.15) is 13.2 Å². The van der Waals surface area contributed by atoms with E-state index in [4.69, 9.17) is 11.6 Å². The van der Waals surface area contributed by atoms with E-state index in [1.807, 2.05) is 30.3 Å². The van der Waals surface area contributed by atoms with Crippen molar-refractivity contribution in [2.24, 2.45) is 0 Å². The van der Waals surface area contributed by atoms with E-state index in [1.54, 1.807) is 6.08 Å². The Labute approximate surface area is 135 Å². The standard InChI is InChI=1S/C16H12ClF3N2O/c17-14-7-6-12(10-13(14)16(18,19)20)22-15(23)21-9-8-11-4-2-1-3-5-11/h1-10H,(H2,21,22,23)/b9-8+. The van der Waals surface area contributed by atoms with Gasteiger partial charge in [0.1, 0.15) is 0 Å². The predicted molar refractivity (Wildman–Crippen MR) is 84.1 cm³/mol. The second-order valence-corrected chi connectivity index (χ2v) is 4.94. The quantitative estimate of drug-likeness (QED) is 0.797. The van der Waals surface area contributed by atoms with Crippen molar-refractivity contribution in [2.75, 3.05) is 5.32 Å². The fourth-order valence-electron chi connectivity index (χ4n) is 1.77. The third-order valence-corrected chi connectivity index (χ3v) is 3.15. The number of benzene rings is 2. The van der Waals surface area contributed by atoms with Crippen LogP contribution in [0, 0.1) is 0 Å². The average Bonchev–Trinajstić information content (AvgIpc) is 2.49. The zero-order valence-corrected chi connectivity index (χ0v) is 12.4. The Kier molecular flexibility index (Phi) is 5.28. The highest BCUT2D eigenvalue weighted by atomic mass is 35.5. The number of alkyl halides is 3. The van der Waals surface area contributed by atoms with E-state index in [0.717, 1.165) is 17.7 Å². The molecule has 23 heavy (non-hydrogen) atoms. The molecule has 2 amide bonds. The van der Waals surface area contributed by atoms with Gasteiger partial charge in [0.05, 0.1) is 10.6 Å². The van der Waals surface area contributed by atoms with Crippen LogP contribution in [0.1, 0.15) is 11.1 Å². The van der Waals surface area contributed by atoms with Gasteiger partial charge in [0, 0.05) is 11.9 Å². The number of amides is 2. The molecule has 0 saturated carbocycles. The number of carbonyl (C=O) groups excluding carboxylic acids is 1. The highest BCUT2D eigenvalue weighted by Crippen LogP contribution is 2.36. The Balaban J connectivity index is 1.99. The first kappa shape index (κ1) is 16.9. The third-order valence-electron chi connectivity index (χ3n) is 2.82. The van der Waals surface area contributed by atoms with Crippen molar-refractivity contribution in [3.05, 3.63) is 70.9 Å². The van der Waals surface area contributed by atoms with Gasteiger partial charge in [-0.25, -0.2) is 4.79 Å². The molecule has 0 aliphatic heterocycles. The molecule has 120 valence electrons. The normalized spacial score (nSPS) is 11.5. The fourth-order valence-corrected chi connectivity index (χ4v) is 1.99. The van der Waals surface area contributed by atoms with Crippen LogP contribution in [-0.2, 0) is 6.18 Å². The molecule has 0 spiro atoms. The molecule has 7 heteroatoms. The lowest BCUT2D eigenvalue weighted by Crippen LogP contribution is -2.24. The SMILES string of the molecule is O=C(N/C=C/c1ccccc1)Nc1ccc(Cl)c(C(F)(F)F)c1. The maximum atomic E-state index is 12.7. The zero-order chi connectivity index (χ0) is 16.9. The molecule has 0 radical (unpaired) electrons. The van der Waals surface area contributed by atoms with Crippen LogP contribution in [0.25, 0.3) is 6.08 Å². The van der Waals surface area contributed by atoms with E-state index < -0.39 is 22.8 Å². The summed E-state index contributed by atoms with van der Waals surface area (Å²) in [7, 11) is 0. The van der Waals surface area contributed by atoms with Crippen LogP contribution in [0.4, 0.5) is 23.7 Å². The van der Waals surface area contributed by atoms with Crippen molar-refractivity contribution >= 4 is 29.4 Å². The van der Waals surface area contributed by atoms with Gasteiger partial charge in [0.25, 0.3) is 0 Å². The van der Waals surface area contributed by atoms with E-state index in [0.29, 0.717) is 0 Å². The molecule has 3 nitrogen and oxygen atoms in total. The zero-order valence-electron chi connectivity index (χ0n) is 11.7. The molecule has 2 rings (SSSR count). The molecule has 0 heterocycles. The lowest BCUT2D eigenvalue weighted by Gasteiger charge is -2.11. The van der Waals surface area contributed by atoms with Gasteiger partial charge in [-0.05, 0) is 29.8 Å². The number of urea groups is 1. The molecule has 0 atom stereocenters. The monoisotopic (exact) mass is 340 g/mol. The van der Waals surface area contributed by atoms with Crippen molar-refractivity contribution in [2.45, 2.75) is 6.18 Å². The number of anilines is 1. The first-order valence-corrected chi connectivity index (χ1v) is 6.90. The summed E-state index contributed by atoms with van der Waals surface area (Å²) < 4.78 is 38.2. The number of hydrogen-bond acceptors (Lipinski definition) is 1. The van der Waals surface area contributed by atoms with Crippen molar-refractivity contribution in [3.8, 4) is 0 Å². The molecule has 0 aromatic heterocycles. The molecule has 0 fully saturated rings. The molecule has 2 N–H and O–H groups in total. The minimum atomic E-state index is -4.58. The Morgan fingerprint density at radius 2 is 1.78 bits per heavy atom. The molecule has 0 bridgehead atoms. The summed E-state index contributed by atoms with van der Waals surface area (Å²) in [6, 6.07) is 11.7. The molecule has 0 saturated heterocycles. The van der Waals surface area contributed by atoms with Crippen LogP contribution in [0.15, 0.2) is 54.7 Å². The highest BCUT2D eigenvalue weighted by Gasteiger charge is 2.33. The van der Waals surface area contributed by atoms with Gasteiger partial charge in [-0.3, -0.25) is 0 Å². The molecular formula is C16H12ClF3N2O. The van der Waals surface area contributed by atoms with E-state index in [1.165, 1.54) is 12.3 Å². The predicted octanol–water partition coefficient (Wildman–Crippen LogP) is 5.15. The fraction of sp³-hybridized carbons (Fsp3) is 0.0625. The highest BCUT2D eigenvalue weighted by molar-refractivity contribution is 6.31. The van der Waals surface area contributed by atoms with Crippen LogP contribution in [-0.4, -0.2) is 6.03 Å².